The molecule has 0 bridgehead atoms. The Bertz CT molecular complexity index is 158. The Morgan fingerprint density at radius 2 is 2.19 bits per heavy atom. The van der Waals surface area contributed by atoms with Crippen molar-refractivity contribution in [3.05, 3.63) is 0 Å². The third kappa shape index (κ3) is 6.40. The van der Waals surface area contributed by atoms with E-state index in [0.717, 1.165) is 25.9 Å². The van der Waals surface area contributed by atoms with Crippen LogP contribution < -0.4 is 0 Å². The lowest BCUT2D eigenvalue weighted by atomic mass is 10.2. The fourth-order valence-corrected chi connectivity index (χ4v) is 1.54. The van der Waals surface area contributed by atoms with E-state index in [-0.39, 0.29) is 12.9 Å². The largest absolute Gasteiger partial charge is 0.388 e. The third-order valence-corrected chi connectivity index (χ3v) is 2.34. The molecule has 0 aromatic rings. The Morgan fingerprint density at radius 3 is 2.88 bits per heavy atom. The van der Waals surface area contributed by atoms with E-state index in [4.69, 9.17) is 18.9 Å². The highest BCUT2D eigenvalue weighted by molar-refractivity contribution is 4.54. The summed E-state index contributed by atoms with van der Waals surface area (Å²) in [6.07, 6.45) is 2.63. The van der Waals surface area contributed by atoms with Crippen molar-refractivity contribution in [1.82, 2.24) is 0 Å². The summed E-state index contributed by atoms with van der Waals surface area (Å²) in [5.41, 5.74) is 0. The number of ether oxygens (including phenoxy) is 4. The van der Waals surface area contributed by atoms with Crippen LogP contribution in [0.2, 0.25) is 0 Å². The van der Waals surface area contributed by atoms with E-state index < -0.39 is 6.10 Å². The second kappa shape index (κ2) is 8.90. The standard InChI is InChI=1S/C11H22O5/c1-13-8-10(12)9-14-6-7-16-11-4-2-3-5-15-11/h10-12H,2-9H2,1H3. The van der Waals surface area contributed by atoms with Crippen LogP contribution >= 0.6 is 0 Å². The van der Waals surface area contributed by atoms with E-state index >= 15 is 0 Å². The molecule has 1 aliphatic heterocycles. The summed E-state index contributed by atoms with van der Waals surface area (Å²) in [6.45, 7) is 2.35. The van der Waals surface area contributed by atoms with E-state index in [2.05, 4.69) is 0 Å². The molecule has 1 aliphatic rings. The van der Waals surface area contributed by atoms with Gasteiger partial charge in [-0.2, -0.15) is 0 Å². The zero-order chi connectivity index (χ0) is 11.6. The first-order valence-electron chi connectivity index (χ1n) is 5.81. The lowest BCUT2D eigenvalue weighted by Gasteiger charge is -2.22. The Balaban J connectivity index is 1.87. The number of rotatable bonds is 8. The van der Waals surface area contributed by atoms with Crippen molar-refractivity contribution in [1.29, 1.82) is 0 Å². The SMILES string of the molecule is COCC(O)COCCOC1CCCCO1. The Hall–Kier alpha value is -0.200. The minimum Gasteiger partial charge on any atom is -0.388 e. The zero-order valence-corrected chi connectivity index (χ0v) is 9.89. The molecule has 2 atom stereocenters. The number of methoxy groups -OCH3 is 1. The first-order valence-corrected chi connectivity index (χ1v) is 5.81. The van der Waals surface area contributed by atoms with Gasteiger partial charge >= 0.3 is 0 Å². The highest BCUT2D eigenvalue weighted by Crippen LogP contribution is 2.13. The van der Waals surface area contributed by atoms with Gasteiger partial charge in [-0.05, 0) is 19.3 Å². The predicted octanol–water partition coefficient (Wildman–Crippen LogP) is 0.553. The van der Waals surface area contributed by atoms with Gasteiger partial charge in [-0.15, -0.1) is 0 Å². The smallest absolute Gasteiger partial charge is 0.157 e. The summed E-state index contributed by atoms with van der Waals surface area (Å²) in [7, 11) is 1.55. The van der Waals surface area contributed by atoms with E-state index in [1.165, 1.54) is 0 Å². The van der Waals surface area contributed by atoms with Gasteiger partial charge in [-0.1, -0.05) is 0 Å². The summed E-state index contributed by atoms with van der Waals surface area (Å²) in [6, 6.07) is 0. The summed E-state index contributed by atoms with van der Waals surface area (Å²) in [4.78, 5) is 0. The van der Waals surface area contributed by atoms with Gasteiger partial charge in [-0.25, -0.2) is 0 Å². The van der Waals surface area contributed by atoms with E-state index in [0.29, 0.717) is 19.8 Å². The minimum absolute atomic E-state index is 0.0683. The van der Waals surface area contributed by atoms with Crippen LogP contribution in [0.4, 0.5) is 0 Å². The molecule has 0 amide bonds. The first-order chi connectivity index (χ1) is 7.83. The topological polar surface area (TPSA) is 57.2 Å². The van der Waals surface area contributed by atoms with E-state index in [1.807, 2.05) is 0 Å². The van der Waals surface area contributed by atoms with Gasteiger partial charge in [0.1, 0.15) is 6.10 Å². The van der Waals surface area contributed by atoms with Crippen molar-refractivity contribution < 1.29 is 24.1 Å². The highest BCUT2D eigenvalue weighted by atomic mass is 16.7. The first kappa shape index (κ1) is 13.9. The molecule has 16 heavy (non-hydrogen) atoms. The van der Waals surface area contributed by atoms with Crippen LogP contribution in [0.1, 0.15) is 19.3 Å². The minimum atomic E-state index is -0.559. The maximum absolute atomic E-state index is 9.28. The average molecular weight is 234 g/mol. The quantitative estimate of drug-likeness (QED) is 0.622. The fourth-order valence-electron chi connectivity index (χ4n) is 1.54. The van der Waals surface area contributed by atoms with Crippen LogP contribution in [-0.2, 0) is 18.9 Å². The molecule has 5 heteroatoms. The molecule has 0 aliphatic carbocycles. The second-order valence-electron chi connectivity index (χ2n) is 3.85. The van der Waals surface area contributed by atoms with Crippen LogP contribution in [0.3, 0.4) is 0 Å². The van der Waals surface area contributed by atoms with Crippen molar-refractivity contribution in [3.8, 4) is 0 Å². The molecular formula is C11H22O5. The molecule has 0 spiro atoms. The average Bonchev–Trinajstić information content (AvgIpc) is 2.30. The van der Waals surface area contributed by atoms with Gasteiger partial charge in [-0.3, -0.25) is 0 Å². The van der Waals surface area contributed by atoms with Crippen molar-refractivity contribution >= 4 is 0 Å². The van der Waals surface area contributed by atoms with E-state index in [9.17, 15) is 5.11 Å². The van der Waals surface area contributed by atoms with Crippen molar-refractivity contribution in [2.75, 3.05) is 40.1 Å². The van der Waals surface area contributed by atoms with E-state index in [1.54, 1.807) is 7.11 Å². The summed E-state index contributed by atoms with van der Waals surface area (Å²) >= 11 is 0. The summed E-state index contributed by atoms with van der Waals surface area (Å²) in [5.74, 6) is 0. The molecule has 5 nitrogen and oxygen atoms in total. The lowest BCUT2D eigenvalue weighted by molar-refractivity contribution is -0.170. The molecule has 0 radical (unpaired) electrons. The van der Waals surface area contributed by atoms with Crippen LogP contribution in [0, 0.1) is 0 Å². The zero-order valence-electron chi connectivity index (χ0n) is 9.89. The Kier molecular flexibility index (Phi) is 7.71. The number of aliphatic hydroxyl groups is 1. The molecule has 1 saturated heterocycles. The molecule has 0 aromatic heterocycles. The molecule has 1 rings (SSSR count). The molecule has 1 fully saturated rings. The molecular weight excluding hydrogens is 212 g/mol. The molecule has 0 saturated carbocycles. The monoisotopic (exact) mass is 234 g/mol. The predicted molar refractivity (Wildman–Crippen MR) is 58.2 cm³/mol. The number of hydrogen-bond acceptors (Lipinski definition) is 5. The van der Waals surface area contributed by atoms with Gasteiger partial charge in [0.25, 0.3) is 0 Å². The second-order valence-corrected chi connectivity index (χ2v) is 3.85. The van der Waals surface area contributed by atoms with Gasteiger partial charge in [0.05, 0.1) is 26.4 Å². The lowest BCUT2D eigenvalue weighted by Crippen LogP contribution is -2.25. The number of aliphatic hydroxyl groups excluding tert-OH is 1. The third-order valence-electron chi connectivity index (χ3n) is 2.34. The Morgan fingerprint density at radius 1 is 1.31 bits per heavy atom. The van der Waals surface area contributed by atoms with Gasteiger partial charge in [0, 0.05) is 13.7 Å². The highest BCUT2D eigenvalue weighted by Gasteiger charge is 2.13. The normalized spacial score (nSPS) is 23.2. The molecule has 1 heterocycles. The van der Waals surface area contributed by atoms with Crippen LogP contribution in [0.5, 0.6) is 0 Å². The fraction of sp³-hybridized carbons (Fsp3) is 1.00. The molecule has 1 N–H and O–H groups in total. The maximum Gasteiger partial charge on any atom is 0.157 e. The van der Waals surface area contributed by atoms with Crippen LogP contribution in [-0.4, -0.2) is 57.6 Å². The summed E-state index contributed by atoms with van der Waals surface area (Å²) < 4.78 is 20.9. The Labute approximate surface area is 96.6 Å². The van der Waals surface area contributed by atoms with Crippen molar-refractivity contribution in [3.63, 3.8) is 0 Å². The van der Waals surface area contributed by atoms with Gasteiger partial charge in [0.2, 0.25) is 0 Å². The number of hydrogen-bond donors (Lipinski definition) is 1. The van der Waals surface area contributed by atoms with Crippen LogP contribution in [0.15, 0.2) is 0 Å². The van der Waals surface area contributed by atoms with Gasteiger partial charge < -0.3 is 24.1 Å². The molecule has 96 valence electrons. The van der Waals surface area contributed by atoms with Crippen molar-refractivity contribution in [2.24, 2.45) is 0 Å². The maximum atomic E-state index is 9.28. The van der Waals surface area contributed by atoms with Crippen LogP contribution in [0.25, 0.3) is 0 Å². The van der Waals surface area contributed by atoms with Crippen molar-refractivity contribution in [2.45, 2.75) is 31.7 Å². The molecule has 0 aromatic carbocycles. The molecule has 2 unspecified atom stereocenters. The summed E-state index contributed by atoms with van der Waals surface area (Å²) in [5, 5.41) is 9.28. The van der Waals surface area contributed by atoms with Gasteiger partial charge in [0.15, 0.2) is 6.29 Å².